The molecular formula is C18H27N3OS2. The summed E-state index contributed by atoms with van der Waals surface area (Å²) in [7, 11) is 0. The summed E-state index contributed by atoms with van der Waals surface area (Å²) in [6.45, 7) is 4.29. The summed E-state index contributed by atoms with van der Waals surface area (Å²) in [5.74, 6) is 1.67. The summed E-state index contributed by atoms with van der Waals surface area (Å²) in [5, 5.41) is 7.90. The molecule has 1 aliphatic heterocycles. The lowest BCUT2D eigenvalue weighted by atomic mass is 9.95. The number of fused-ring (bicyclic) bond motifs is 1. The van der Waals surface area contributed by atoms with E-state index in [1.165, 1.54) is 34.7 Å². The number of anilines is 1. The van der Waals surface area contributed by atoms with Crippen LogP contribution >= 0.6 is 23.1 Å². The highest BCUT2D eigenvalue weighted by Gasteiger charge is 2.25. The second kappa shape index (κ2) is 8.39. The number of aliphatic imine (C=N–C) groups is 1. The third kappa shape index (κ3) is 4.33. The first kappa shape index (κ1) is 17.8. The van der Waals surface area contributed by atoms with Gasteiger partial charge in [0.1, 0.15) is 16.2 Å². The Hall–Kier alpha value is -1.01. The van der Waals surface area contributed by atoms with Crippen LogP contribution in [0, 0.1) is 0 Å². The molecule has 1 aliphatic carbocycles. The minimum atomic E-state index is 0.0462. The lowest BCUT2D eigenvalue weighted by molar-refractivity contribution is -0.119. The van der Waals surface area contributed by atoms with Crippen molar-refractivity contribution in [3.63, 3.8) is 0 Å². The van der Waals surface area contributed by atoms with Gasteiger partial charge in [-0.15, -0.1) is 23.1 Å². The summed E-state index contributed by atoms with van der Waals surface area (Å²) in [4.78, 5) is 18.5. The van der Waals surface area contributed by atoms with E-state index >= 15 is 0 Å². The number of carbonyl (C=O) groups excluding carboxylic acids is 1. The third-order valence-electron chi connectivity index (χ3n) is 4.63. The molecule has 0 aromatic carbocycles. The minimum absolute atomic E-state index is 0.0462. The summed E-state index contributed by atoms with van der Waals surface area (Å²) < 4.78 is 0. The van der Waals surface area contributed by atoms with Gasteiger partial charge in [0.05, 0.1) is 5.75 Å². The van der Waals surface area contributed by atoms with Crippen molar-refractivity contribution in [3.05, 3.63) is 16.5 Å². The molecule has 1 aromatic heterocycles. The number of thioether (sulfide) groups is 1. The van der Waals surface area contributed by atoms with Crippen molar-refractivity contribution in [2.24, 2.45) is 4.99 Å². The van der Waals surface area contributed by atoms with Gasteiger partial charge in [0.25, 0.3) is 0 Å². The molecule has 1 amide bonds. The number of hydrogen-bond acceptors (Lipinski definition) is 5. The highest BCUT2D eigenvalue weighted by atomic mass is 32.2. The largest absolute Gasteiger partial charge is 0.353 e. The van der Waals surface area contributed by atoms with E-state index in [2.05, 4.69) is 30.5 Å². The van der Waals surface area contributed by atoms with Gasteiger partial charge in [0.2, 0.25) is 5.91 Å². The van der Waals surface area contributed by atoms with E-state index < -0.39 is 0 Å². The molecule has 24 heavy (non-hydrogen) atoms. The Balaban J connectivity index is 1.60. The Morgan fingerprint density at radius 1 is 1.33 bits per heavy atom. The van der Waals surface area contributed by atoms with Crippen LogP contribution in [-0.4, -0.2) is 23.5 Å². The molecule has 2 aliphatic rings. The molecule has 2 N–H and O–H groups in total. The molecule has 0 radical (unpaired) electrons. The lowest BCUT2D eigenvalue weighted by Gasteiger charge is -2.24. The summed E-state index contributed by atoms with van der Waals surface area (Å²) in [5.41, 5.74) is 1.24. The van der Waals surface area contributed by atoms with Crippen molar-refractivity contribution in [2.45, 2.75) is 70.2 Å². The normalized spacial score (nSPS) is 20.9. The quantitative estimate of drug-likeness (QED) is 0.766. The fourth-order valence-corrected chi connectivity index (χ4v) is 5.35. The Morgan fingerprint density at radius 2 is 2.12 bits per heavy atom. The molecule has 2 heterocycles. The van der Waals surface area contributed by atoms with Gasteiger partial charge in [-0.05, 0) is 25.3 Å². The SMILES string of the molecule is CCC1=NC(SCC(=O)NC2CCCCC2)c2cc(CC)sc2N1. The van der Waals surface area contributed by atoms with Gasteiger partial charge in [-0.25, -0.2) is 0 Å². The number of rotatable bonds is 6. The highest BCUT2D eigenvalue weighted by Crippen LogP contribution is 2.43. The lowest BCUT2D eigenvalue weighted by Crippen LogP contribution is -2.37. The molecule has 0 spiro atoms. The molecule has 1 saturated carbocycles. The molecule has 6 heteroatoms. The fourth-order valence-electron chi connectivity index (χ4n) is 3.27. The van der Waals surface area contributed by atoms with E-state index in [-0.39, 0.29) is 11.3 Å². The van der Waals surface area contributed by atoms with Gasteiger partial charge in [0.15, 0.2) is 0 Å². The Morgan fingerprint density at radius 3 is 2.83 bits per heavy atom. The Bertz CT molecular complexity index is 605. The molecule has 0 bridgehead atoms. The molecular weight excluding hydrogens is 338 g/mol. The zero-order valence-electron chi connectivity index (χ0n) is 14.6. The van der Waals surface area contributed by atoms with Crippen LogP contribution < -0.4 is 10.6 Å². The molecule has 3 rings (SSSR count). The van der Waals surface area contributed by atoms with Crippen LogP contribution in [0.1, 0.15) is 68.2 Å². The number of amidine groups is 1. The Kier molecular flexibility index (Phi) is 6.22. The van der Waals surface area contributed by atoms with Crippen molar-refractivity contribution < 1.29 is 4.79 Å². The second-order valence-corrected chi connectivity index (χ2v) is 8.68. The van der Waals surface area contributed by atoms with Crippen molar-refractivity contribution >= 4 is 39.8 Å². The molecule has 1 unspecified atom stereocenters. The molecule has 1 fully saturated rings. The van der Waals surface area contributed by atoms with Crippen molar-refractivity contribution in [3.8, 4) is 0 Å². The zero-order chi connectivity index (χ0) is 16.9. The first-order valence-corrected chi connectivity index (χ1v) is 10.9. The third-order valence-corrected chi connectivity index (χ3v) is 6.95. The maximum atomic E-state index is 12.3. The van der Waals surface area contributed by atoms with E-state index in [9.17, 15) is 4.79 Å². The summed E-state index contributed by atoms with van der Waals surface area (Å²) in [6, 6.07) is 2.64. The minimum Gasteiger partial charge on any atom is -0.353 e. The number of amides is 1. The predicted molar refractivity (Wildman–Crippen MR) is 105 cm³/mol. The van der Waals surface area contributed by atoms with Crippen LogP contribution in [-0.2, 0) is 11.2 Å². The van der Waals surface area contributed by atoms with Gasteiger partial charge < -0.3 is 10.6 Å². The summed E-state index contributed by atoms with van der Waals surface area (Å²) in [6.07, 6.45) is 8.01. The standard InChI is InChI=1S/C18H27N3OS2/c1-3-13-10-14-17(20-15(4-2)21-18(14)24-13)23-11-16(22)19-12-8-6-5-7-9-12/h10,12,17H,3-9,11H2,1-2H3,(H,19,22)(H,20,21). The Labute approximate surface area is 152 Å². The first-order valence-electron chi connectivity index (χ1n) is 9.06. The average Bonchev–Trinajstić information content (AvgIpc) is 3.03. The topological polar surface area (TPSA) is 53.5 Å². The van der Waals surface area contributed by atoms with Gasteiger partial charge in [-0.2, -0.15) is 0 Å². The highest BCUT2D eigenvalue weighted by molar-refractivity contribution is 8.00. The van der Waals surface area contributed by atoms with Crippen LogP contribution in [0.15, 0.2) is 11.1 Å². The zero-order valence-corrected chi connectivity index (χ0v) is 16.2. The average molecular weight is 366 g/mol. The number of carbonyl (C=O) groups is 1. The van der Waals surface area contributed by atoms with E-state index in [1.54, 1.807) is 11.8 Å². The number of thiophene rings is 1. The summed E-state index contributed by atoms with van der Waals surface area (Å²) >= 11 is 3.46. The second-order valence-electron chi connectivity index (χ2n) is 6.47. The monoisotopic (exact) mass is 365 g/mol. The maximum Gasteiger partial charge on any atom is 0.230 e. The van der Waals surface area contributed by atoms with Gasteiger partial charge in [0, 0.05) is 22.9 Å². The van der Waals surface area contributed by atoms with Crippen LogP contribution in [0.3, 0.4) is 0 Å². The fraction of sp³-hybridized carbons (Fsp3) is 0.667. The first-order chi connectivity index (χ1) is 11.7. The number of aryl methyl sites for hydroxylation is 1. The molecule has 1 aromatic rings. The maximum absolute atomic E-state index is 12.3. The van der Waals surface area contributed by atoms with E-state index in [0.29, 0.717) is 11.8 Å². The predicted octanol–water partition coefficient (Wildman–Crippen LogP) is 4.73. The number of nitrogens with one attached hydrogen (secondary N) is 2. The molecule has 1 atom stereocenters. The smallest absolute Gasteiger partial charge is 0.230 e. The molecule has 4 nitrogen and oxygen atoms in total. The molecule has 0 saturated heterocycles. The van der Waals surface area contributed by atoms with Crippen molar-refractivity contribution in [1.82, 2.24) is 5.32 Å². The van der Waals surface area contributed by atoms with Crippen molar-refractivity contribution in [2.75, 3.05) is 11.1 Å². The number of hydrogen-bond donors (Lipinski definition) is 2. The number of nitrogens with zero attached hydrogens (tertiary/aromatic N) is 1. The molecule has 132 valence electrons. The van der Waals surface area contributed by atoms with Gasteiger partial charge in [-0.3, -0.25) is 9.79 Å². The van der Waals surface area contributed by atoms with Crippen LogP contribution in [0.5, 0.6) is 0 Å². The van der Waals surface area contributed by atoms with Crippen LogP contribution in [0.25, 0.3) is 0 Å². The van der Waals surface area contributed by atoms with E-state index in [0.717, 1.165) is 31.5 Å². The van der Waals surface area contributed by atoms with Gasteiger partial charge in [-0.1, -0.05) is 33.1 Å². The van der Waals surface area contributed by atoms with Crippen LogP contribution in [0.4, 0.5) is 5.00 Å². The van der Waals surface area contributed by atoms with Gasteiger partial charge >= 0.3 is 0 Å². The van der Waals surface area contributed by atoms with Crippen LogP contribution in [0.2, 0.25) is 0 Å². The van der Waals surface area contributed by atoms with Crippen molar-refractivity contribution in [1.29, 1.82) is 0 Å². The van der Waals surface area contributed by atoms with E-state index in [4.69, 9.17) is 4.99 Å². The van der Waals surface area contributed by atoms with E-state index in [1.807, 2.05) is 11.3 Å².